The van der Waals surface area contributed by atoms with Crippen LogP contribution in [0, 0.1) is 5.92 Å². The number of hydrogen-bond donors (Lipinski definition) is 1. The van der Waals surface area contributed by atoms with E-state index in [9.17, 15) is 9.59 Å². The number of carbonyl (C=O) groups excluding carboxylic acids is 2. The largest absolute Gasteiger partial charge is 0.494 e. The van der Waals surface area contributed by atoms with E-state index in [0.29, 0.717) is 29.6 Å². The van der Waals surface area contributed by atoms with Gasteiger partial charge in [0.25, 0.3) is 5.91 Å². The van der Waals surface area contributed by atoms with Crippen LogP contribution < -0.4 is 19.5 Å². The van der Waals surface area contributed by atoms with Crippen LogP contribution in [-0.2, 0) is 11.2 Å². The van der Waals surface area contributed by atoms with Gasteiger partial charge in [0.15, 0.2) is 11.5 Å². The molecule has 178 valence electrons. The molecule has 2 aromatic carbocycles. The summed E-state index contributed by atoms with van der Waals surface area (Å²) in [5, 5.41) is 2.72. The molecule has 0 atom stereocenters. The number of hydrogen-bond acceptors (Lipinski definition) is 5. The van der Waals surface area contributed by atoms with E-state index in [1.165, 1.54) is 12.7 Å². The lowest BCUT2D eigenvalue weighted by Crippen LogP contribution is -2.44. The number of nitrogens with one attached hydrogen (secondary N) is 1. The predicted octanol–water partition coefficient (Wildman–Crippen LogP) is 3.70. The fourth-order valence-electron chi connectivity index (χ4n) is 4.11. The molecule has 0 saturated carbocycles. The normalized spacial score (nSPS) is 14.0. The Morgan fingerprint density at radius 1 is 1.00 bits per heavy atom. The van der Waals surface area contributed by atoms with E-state index in [1.54, 1.807) is 25.3 Å². The van der Waals surface area contributed by atoms with Crippen molar-refractivity contribution in [3.63, 3.8) is 0 Å². The fraction of sp³-hybridized carbons (Fsp3) is 0.462. The third kappa shape index (κ3) is 6.88. The molecule has 0 bridgehead atoms. The highest BCUT2D eigenvalue weighted by Gasteiger charge is 2.23. The van der Waals surface area contributed by atoms with Crippen molar-refractivity contribution >= 4 is 11.8 Å². The highest BCUT2D eigenvalue weighted by molar-refractivity contribution is 5.97. The van der Waals surface area contributed by atoms with Crippen LogP contribution in [0.1, 0.15) is 42.1 Å². The van der Waals surface area contributed by atoms with Crippen LogP contribution in [0.4, 0.5) is 0 Å². The number of methoxy groups -OCH3 is 2. The molecule has 0 radical (unpaired) electrons. The first-order valence-corrected chi connectivity index (χ1v) is 11.5. The second-order valence-electron chi connectivity index (χ2n) is 8.19. The second-order valence-corrected chi connectivity index (χ2v) is 8.19. The van der Waals surface area contributed by atoms with Gasteiger partial charge in [0.2, 0.25) is 5.91 Å². The minimum atomic E-state index is -0.311. The molecule has 33 heavy (non-hydrogen) atoms. The summed E-state index contributed by atoms with van der Waals surface area (Å²) < 4.78 is 15.9. The number of amides is 2. The summed E-state index contributed by atoms with van der Waals surface area (Å²) in [6.07, 6.45) is 4.14. The van der Waals surface area contributed by atoms with Crippen LogP contribution >= 0.6 is 0 Å². The maximum Gasteiger partial charge on any atom is 0.251 e. The Morgan fingerprint density at radius 3 is 2.33 bits per heavy atom. The summed E-state index contributed by atoms with van der Waals surface area (Å²) in [5.41, 5.74) is 1.74. The molecular formula is C26H34N2O5. The van der Waals surface area contributed by atoms with Crippen molar-refractivity contribution in [2.75, 3.05) is 40.5 Å². The van der Waals surface area contributed by atoms with Crippen LogP contribution in [0.5, 0.6) is 17.2 Å². The summed E-state index contributed by atoms with van der Waals surface area (Å²) >= 11 is 0. The molecule has 1 heterocycles. The highest BCUT2D eigenvalue weighted by Crippen LogP contribution is 2.27. The van der Waals surface area contributed by atoms with E-state index in [-0.39, 0.29) is 18.4 Å². The van der Waals surface area contributed by atoms with E-state index >= 15 is 0 Å². The third-order valence-corrected chi connectivity index (χ3v) is 6.09. The minimum absolute atomic E-state index is 0.00990. The van der Waals surface area contributed by atoms with Gasteiger partial charge < -0.3 is 24.4 Å². The van der Waals surface area contributed by atoms with Crippen molar-refractivity contribution in [3.05, 3.63) is 53.6 Å². The lowest BCUT2D eigenvalue weighted by Gasteiger charge is -2.32. The molecule has 0 spiro atoms. The molecule has 1 aliphatic rings. The van der Waals surface area contributed by atoms with Crippen molar-refractivity contribution < 1.29 is 23.8 Å². The van der Waals surface area contributed by atoms with Crippen molar-refractivity contribution in [2.45, 2.75) is 32.6 Å². The van der Waals surface area contributed by atoms with E-state index in [2.05, 4.69) is 17.4 Å². The van der Waals surface area contributed by atoms with Crippen LogP contribution in [0.3, 0.4) is 0 Å². The maximum absolute atomic E-state index is 12.6. The molecule has 1 fully saturated rings. The average molecular weight is 455 g/mol. The molecule has 7 nitrogen and oxygen atoms in total. The average Bonchev–Trinajstić information content (AvgIpc) is 2.86. The molecule has 1 N–H and O–H groups in total. The zero-order valence-electron chi connectivity index (χ0n) is 19.8. The van der Waals surface area contributed by atoms with Gasteiger partial charge in [-0.3, -0.25) is 9.59 Å². The predicted molar refractivity (Wildman–Crippen MR) is 127 cm³/mol. The first kappa shape index (κ1) is 24.4. The van der Waals surface area contributed by atoms with E-state index in [1.807, 2.05) is 24.0 Å². The van der Waals surface area contributed by atoms with Gasteiger partial charge in [0.05, 0.1) is 27.4 Å². The smallest absolute Gasteiger partial charge is 0.251 e. The number of ether oxygens (including phenoxy) is 3. The number of carbonyl (C=O) groups is 2. The van der Waals surface area contributed by atoms with Gasteiger partial charge in [-0.15, -0.1) is 0 Å². The Kier molecular flexibility index (Phi) is 8.98. The molecule has 1 aliphatic heterocycles. The zero-order chi connectivity index (χ0) is 23.6. The van der Waals surface area contributed by atoms with Gasteiger partial charge in [0, 0.05) is 18.7 Å². The Labute approximate surface area is 196 Å². The van der Waals surface area contributed by atoms with Crippen LogP contribution in [0.25, 0.3) is 0 Å². The first-order chi connectivity index (χ1) is 16.0. The Bertz CT molecular complexity index is 921. The van der Waals surface area contributed by atoms with Gasteiger partial charge in [-0.1, -0.05) is 12.1 Å². The molecule has 2 aromatic rings. The van der Waals surface area contributed by atoms with Gasteiger partial charge in [0.1, 0.15) is 5.75 Å². The van der Waals surface area contributed by atoms with Crippen LogP contribution in [0.15, 0.2) is 42.5 Å². The number of benzene rings is 2. The molecule has 3 rings (SSSR count). The molecule has 0 unspecified atom stereocenters. The SMILES string of the molecule is CCOc1ccc(CCC2CCN(C(=O)CNC(=O)c3ccc(OC)c(OC)c3)CC2)cc1. The van der Waals surface area contributed by atoms with Gasteiger partial charge in [-0.2, -0.15) is 0 Å². The number of piperidine rings is 1. The lowest BCUT2D eigenvalue weighted by atomic mass is 9.90. The summed E-state index contributed by atoms with van der Waals surface area (Å²) in [4.78, 5) is 26.9. The minimum Gasteiger partial charge on any atom is -0.494 e. The van der Waals surface area contributed by atoms with E-state index < -0.39 is 0 Å². The maximum atomic E-state index is 12.6. The third-order valence-electron chi connectivity index (χ3n) is 6.09. The summed E-state index contributed by atoms with van der Waals surface area (Å²) in [5.74, 6) is 2.19. The molecule has 1 saturated heterocycles. The zero-order valence-corrected chi connectivity index (χ0v) is 19.8. The first-order valence-electron chi connectivity index (χ1n) is 11.5. The van der Waals surface area contributed by atoms with Gasteiger partial charge in [-0.25, -0.2) is 0 Å². The fourth-order valence-corrected chi connectivity index (χ4v) is 4.11. The highest BCUT2D eigenvalue weighted by atomic mass is 16.5. The number of likely N-dealkylation sites (tertiary alicyclic amines) is 1. The quantitative estimate of drug-likeness (QED) is 0.592. The summed E-state index contributed by atoms with van der Waals surface area (Å²) in [6.45, 7) is 4.12. The summed E-state index contributed by atoms with van der Waals surface area (Å²) in [6, 6.07) is 13.2. The van der Waals surface area contributed by atoms with Crippen LogP contribution in [-0.4, -0.2) is 57.2 Å². The Morgan fingerprint density at radius 2 is 1.70 bits per heavy atom. The molecule has 7 heteroatoms. The number of rotatable bonds is 10. The van der Waals surface area contributed by atoms with E-state index in [4.69, 9.17) is 14.2 Å². The summed E-state index contributed by atoms with van der Waals surface area (Å²) in [7, 11) is 3.06. The molecule has 0 aliphatic carbocycles. The Hall–Kier alpha value is -3.22. The molecule has 2 amide bonds. The lowest BCUT2D eigenvalue weighted by molar-refractivity contribution is -0.131. The molecule has 0 aromatic heterocycles. The van der Waals surface area contributed by atoms with Gasteiger partial charge >= 0.3 is 0 Å². The van der Waals surface area contributed by atoms with Crippen molar-refractivity contribution in [1.82, 2.24) is 10.2 Å². The number of aryl methyl sites for hydroxylation is 1. The van der Waals surface area contributed by atoms with Crippen molar-refractivity contribution in [3.8, 4) is 17.2 Å². The monoisotopic (exact) mass is 454 g/mol. The standard InChI is InChI=1S/C26H34N2O5/c1-4-33-22-10-7-19(8-11-22)5-6-20-13-15-28(16-14-20)25(29)18-27-26(30)21-9-12-23(31-2)24(17-21)32-3/h7-12,17,20H,4-6,13-16,18H2,1-3H3,(H,27,30). The van der Waals surface area contributed by atoms with Crippen molar-refractivity contribution in [2.24, 2.45) is 5.92 Å². The van der Waals surface area contributed by atoms with E-state index in [0.717, 1.165) is 44.5 Å². The number of nitrogens with zero attached hydrogens (tertiary/aromatic N) is 1. The van der Waals surface area contributed by atoms with Gasteiger partial charge in [-0.05, 0) is 74.4 Å². The molecular weight excluding hydrogens is 420 g/mol. The Balaban J connectivity index is 1.39. The second kappa shape index (κ2) is 12.1. The van der Waals surface area contributed by atoms with Crippen LogP contribution in [0.2, 0.25) is 0 Å². The topological polar surface area (TPSA) is 77.1 Å². The van der Waals surface area contributed by atoms with Crippen molar-refractivity contribution in [1.29, 1.82) is 0 Å².